The van der Waals surface area contributed by atoms with Crippen molar-refractivity contribution in [2.24, 2.45) is 10.9 Å². The number of rotatable bonds is 6. The molecule has 1 saturated carbocycles. The van der Waals surface area contributed by atoms with Gasteiger partial charge in [-0.05, 0) is 36.8 Å². The Hall–Kier alpha value is -1.09. The van der Waals surface area contributed by atoms with Crippen LogP contribution in [0.25, 0.3) is 0 Å². The van der Waals surface area contributed by atoms with Gasteiger partial charge in [0.25, 0.3) is 0 Å². The molecule has 3 rings (SSSR count). The third kappa shape index (κ3) is 8.57. The van der Waals surface area contributed by atoms with E-state index in [0.717, 1.165) is 37.8 Å². The Kier molecular flexibility index (Phi) is 16.2. The summed E-state index contributed by atoms with van der Waals surface area (Å²) in [5, 5.41) is 9.92. The molecule has 0 atom stereocenters. The number of thioether (sulfide) groups is 1. The average Bonchev–Trinajstić information content (AvgIpc) is 3.53. The Morgan fingerprint density at radius 1 is 1.27 bits per heavy atom. The molecule has 1 aliphatic heterocycles. The minimum atomic E-state index is 0. The smallest absolute Gasteiger partial charge is 0.125 e. The van der Waals surface area contributed by atoms with Crippen molar-refractivity contribution in [3.8, 4) is 0 Å². The van der Waals surface area contributed by atoms with E-state index >= 15 is 0 Å². The quantitative estimate of drug-likeness (QED) is 0.133. The van der Waals surface area contributed by atoms with Crippen LogP contribution in [0, 0.1) is 0 Å². The molecule has 10 N–H and O–H groups in total. The fourth-order valence-corrected chi connectivity index (χ4v) is 3.97. The van der Waals surface area contributed by atoms with Crippen molar-refractivity contribution in [1.29, 1.82) is 0 Å². The second kappa shape index (κ2) is 15.7. The summed E-state index contributed by atoms with van der Waals surface area (Å²) in [5.74, 6) is 4.55. The topological polar surface area (TPSA) is 172 Å². The lowest BCUT2D eigenvalue weighted by Gasteiger charge is -2.30. The summed E-state index contributed by atoms with van der Waals surface area (Å²) in [4.78, 5) is 7.26. The van der Waals surface area contributed by atoms with Crippen molar-refractivity contribution in [2.75, 3.05) is 45.3 Å². The average molecular weight is 562 g/mol. The minimum Gasteiger partial charge on any atom is -0.412 e. The van der Waals surface area contributed by atoms with Crippen LogP contribution in [-0.2, 0) is 11.3 Å². The van der Waals surface area contributed by atoms with E-state index in [2.05, 4.69) is 28.4 Å². The lowest BCUT2D eigenvalue weighted by atomic mass is 10.2. The van der Waals surface area contributed by atoms with Crippen LogP contribution in [0.3, 0.4) is 0 Å². The summed E-state index contributed by atoms with van der Waals surface area (Å²) < 4.78 is 5.76. The predicted octanol–water partition coefficient (Wildman–Crippen LogP) is 1.29. The van der Waals surface area contributed by atoms with Crippen LogP contribution in [0.2, 0.25) is 0 Å². The molecule has 0 amide bonds. The first-order chi connectivity index (χ1) is 13.2. The van der Waals surface area contributed by atoms with Crippen LogP contribution < -0.4 is 16.9 Å². The Labute approximate surface area is 202 Å². The van der Waals surface area contributed by atoms with Crippen molar-refractivity contribution in [3.63, 3.8) is 0 Å². The van der Waals surface area contributed by atoms with E-state index in [-0.39, 0.29) is 42.5 Å². The van der Waals surface area contributed by atoms with E-state index in [1.54, 1.807) is 0 Å². The molecule has 11 heteroatoms. The van der Waals surface area contributed by atoms with Gasteiger partial charge in [0.1, 0.15) is 5.84 Å². The lowest BCUT2D eigenvalue weighted by molar-refractivity contribution is 0.0683. The van der Waals surface area contributed by atoms with E-state index in [0.29, 0.717) is 6.54 Å². The van der Waals surface area contributed by atoms with Crippen molar-refractivity contribution >= 4 is 47.3 Å². The SMILES string of the molecule is CN/C(=C\C(=NCc1ccc(N)cc1)N1CCOCC1)C1(SC)CC1.I.NO.O.O.[HH].[HH]. The number of aliphatic imine (C=N–C) groups is 1. The summed E-state index contributed by atoms with van der Waals surface area (Å²) in [6, 6.07) is 7.95. The van der Waals surface area contributed by atoms with Gasteiger partial charge in [0.15, 0.2) is 0 Å². The van der Waals surface area contributed by atoms with Gasteiger partial charge in [-0.25, -0.2) is 5.90 Å². The molecule has 0 spiro atoms. The van der Waals surface area contributed by atoms with Gasteiger partial charge >= 0.3 is 0 Å². The summed E-state index contributed by atoms with van der Waals surface area (Å²) in [6.45, 7) is 3.96. The highest BCUT2D eigenvalue weighted by atomic mass is 127. The molecule has 1 aliphatic carbocycles. The van der Waals surface area contributed by atoms with E-state index in [9.17, 15) is 0 Å². The van der Waals surface area contributed by atoms with Crippen LogP contribution in [0.4, 0.5) is 5.69 Å². The summed E-state index contributed by atoms with van der Waals surface area (Å²) in [7, 11) is 2.01. The first-order valence-corrected chi connectivity index (χ1v) is 10.3. The van der Waals surface area contributed by atoms with Crippen molar-refractivity contribution in [2.45, 2.75) is 24.1 Å². The Morgan fingerprint density at radius 2 is 1.83 bits per heavy atom. The molecule has 0 unspecified atom stereocenters. The maximum absolute atomic E-state index is 6.50. The van der Waals surface area contributed by atoms with Crippen LogP contribution in [0.5, 0.6) is 0 Å². The third-order valence-corrected chi connectivity index (χ3v) is 6.28. The Morgan fingerprint density at radius 3 is 2.30 bits per heavy atom. The molecule has 9 nitrogen and oxygen atoms in total. The molecule has 1 saturated heterocycles. The van der Waals surface area contributed by atoms with Crippen molar-refractivity contribution in [3.05, 3.63) is 41.6 Å². The lowest BCUT2D eigenvalue weighted by Crippen LogP contribution is -2.40. The van der Waals surface area contributed by atoms with E-state index in [1.165, 1.54) is 24.1 Å². The molecule has 2 aliphatic rings. The Balaban J connectivity index is -0.000000545. The van der Waals surface area contributed by atoms with Crippen LogP contribution in [-0.4, -0.2) is 71.2 Å². The number of morpholine rings is 1. The maximum atomic E-state index is 6.50. The number of nitrogens with zero attached hydrogens (tertiary/aromatic N) is 2. The number of halogens is 1. The first kappa shape index (κ1) is 31.1. The van der Waals surface area contributed by atoms with Gasteiger partial charge in [-0.3, -0.25) is 4.99 Å². The molecule has 1 aromatic carbocycles. The van der Waals surface area contributed by atoms with E-state index in [4.69, 9.17) is 20.7 Å². The number of hydrogen-bond donors (Lipinski definition) is 4. The molecule has 1 heterocycles. The highest BCUT2D eigenvalue weighted by Gasteiger charge is 2.45. The number of anilines is 1. The van der Waals surface area contributed by atoms with Gasteiger partial charge in [-0.15, -0.1) is 24.0 Å². The normalized spacial score (nSPS) is 17.3. The van der Waals surface area contributed by atoms with E-state index in [1.807, 2.05) is 43.1 Å². The molecule has 30 heavy (non-hydrogen) atoms. The molecular weight excluding hydrogens is 521 g/mol. The highest BCUT2D eigenvalue weighted by Crippen LogP contribution is 2.51. The van der Waals surface area contributed by atoms with Gasteiger partial charge < -0.3 is 36.8 Å². The number of ether oxygens (including phenoxy) is 1. The Bertz CT molecular complexity index is 662. The number of nitrogen functional groups attached to an aromatic ring is 1. The predicted molar refractivity (Wildman–Crippen MR) is 140 cm³/mol. The first-order valence-electron chi connectivity index (χ1n) is 9.09. The number of amidine groups is 1. The summed E-state index contributed by atoms with van der Waals surface area (Å²) in [6.07, 6.45) is 6.90. The zero-order valence-electron chi connectivity index (χ0n) is 17.6. The second-order valence-electron chi connectivity index (χ2n) is 6.52. The van der Waals surface area contributed by atoms with Gasteiger partial charge in [0.05, 0.1) is 24.5 Å². The van der Waals surface area contributed by atoms with Crippen molar-refractivity contribution in [1.82, 2.24) is 10.2 Å². The maximum Gasteiger partial charge on any atom is 0.125 e. The zero-order valence-corrected chi connectivity index (χ0v) is 20.7. The zero-order chi connectivity index (χ0) is 19.7. The summed E-state index contributed by atoms with van der Waals surface area (Å²) in [5.41, 5.74) is 9.01. The second-order valence-corrected chi connectivity index (χ2v) is 7.71. The summed E-state index contributed by atoms with van der Waals surface area (Å²) >= 11 is 1.93. The monoisotopic (exact) mass is 561 g/mol. The number of hydrogen-bond acceptors (Lipinski definition) is 7. The highest BCUT2D eigenvalue weighted by molar-refractivity contribution is 14.0. The number of nitrogens with two attached hydrogens (primary N) is 2. The largest absolute Gasteiger partial charge is 0.412 e. The van der Waals surface area contributed by atoms with Gasteiger partial charge in [-0.1, -0.05) is 12.1 Å². The molecule has 0 radical (unpaired) electrons. The third-order valence-electron chi connectivity index (χ3n) is 4.87. The van der Waals surface area contributed by atoms with Crippen molar-refractivity contribution < 1.29 is 23.7 Å². The molecule has 2 fully saturated rings. The van der Waals surface area contributed by atoms with Crippen LogP contribution in [0.1, 0.15) is 21.3 Å². The fraction of sp³-hybridized carbons (Fsp3) is 0.526. The fourth-order valence-electron chi connectivity index (χ4n) is 3.08. The molecule has 178 valence electrons. The molecule has 1 aromatic rings. The molecule has 0 bridgehead atoms. The standard InChI is InChI=1S/C19H28N4OS.HI.H3NO.2H2O.2H2/c1-21-17(19(25-2)7-8-19)13-18(23-9-11-24-12-10-23)22-14-15-3-5-16(20)6-4-15;;1-2;;;;/h3-6,13,21H,7-12,14,20H2,1-2H3;1H;2H,1H2;2*1H2;2*1H/b17-13-,22-18?;;;;;;. The van der Waals surface area contributed by atoms with Gasteiger partial charge in [0, 0.05) is 40.5 Å². The van der Waals surface area contributed by atoms with E-state index < -0.39 is 0 Å². The number of benzene rings is 1. The van der Waals surface area contributed by atoms with Gasteiger partial charge in [0.2, 0.25) is 0 Å². The minimum absolute atomic E-state index is 0. The van der Waals surface area contributed by atoms with Crippen LogP contribution in [0.15, 0.2) is 41.0 Å². The van der Waals surface area contributed by atoms with Crippen LogP contribution >= 0.6 is 35.7 Å². The molecule has 0 aromatic heterocycles. The molecular formula is C19H40IN5O4S. The van der Waals surface area contributed by atoms with Gasteiger partial charge in [-0.2, -0.15) is 11.8 Å². The number of nitrogens with one attached hydrogen (secondary N) is 1.